The first-order valence-electron chi connectivity index (χ1n) is 20.2. The number of carbonyl (C=O) groups excluding carboxylic acids is 1. The molecule has 0 bridgehead atoms. The fraction of sp³-hybridized carbons (Fsp3) is 0.708. The number of esters is 1. The smallest absolute Gasteiger partial charge is 0.323 e. The Morgan fingerprint density at radius 3 is 2.80 bits per heavy atom. The van der Waals surface area contributed by atoms with E-state index in [2.05, 4.69) is 0 Å². The summed E-state index contributed by atoms with van der Waals surface area (Å²) in [7, 11) is 2.20. The largest absolute Gasteiger partial charge is 0.493 e. The van der Waals surface area contributed by atoms with E-state index in [-0.39, 0.29) is 16.4 Å². The third kappa shape index (κ3) is 4.75. The van der Waals surface area contributed by atoms with Crippen molar-refractivity contribution in [2.45, 2.75) is 64.8 Å². The van der Waals surface area contributed by atoms with Gasteiger partial charge in [0, 0.05) is 61.5 Å². The maximum absolute atomic E-state index is 13.9. The molecule has 2 heterocycles. The second kappa shape index (κ2) is 9.56. The first-order valence-corrected chi connectivity index (χ1v) is 8.67. The molecule has 0 aliphatic carbocycles. The predicted molar refractivity (Wildman–Crippen MR) is 118 cm³/mol. The molecule has 2 N–H and O–H groups in total. The zero-order valence-corrected chi connectivity index (χ0v) is 16.5. The van der Waals surface area contributed by atoms with Crippen LogP contribution in [0, 0.1) is 17.7 Å². The lowest BCUT2D eigenvalue weighted by Crippen LogP contribution is -2.51. The van der Waals surface area contributed by atoms with Gasteiger partial charge in [0.15, 0.2) is 11.5 Å². The van der Waals surface area contributed by atoms with Crippen LogP contribution in [0.5, 0.6) is 11.5 Å². The number of benzene rings is 1. The van der Waals surface area contributed by atoms with Crippen LogP contribution in [0.25, 0.3) is 0 Å². The number of nitrogens with zero attached hydrogens (tertiary/aromatic N) is 1. The molecule has 0 spiro atoms. The minimum absolute atomic E-state index is 0.237. The Labute approximate surface area is 213 Å². The summed E-state index contributed by atoms with van der Waals surface area (Å²) in [5.41, 5.74) is 4.24. The van der Waals surface area contributed by atoms with E-state index in [0.717, 1.165) is 26.4 Å². The molecule has 6 heteroatoms. The van der Waals surface area contributed by atoms with E-state index in [1.165, 1.54) is 0 Å². The Bertz CT molecular complexity index is 1600. The van der Waals surface area contributed by atoms with Crippen LogP contribution >= 0.6 is 0 Å². The lowest BCUT2D eigenvalue weighted by Gasteiger charge is -2.47. The van der Waals surface area contributed by atoms with Gasteiger partial charge in [-0.15, -0.1) is 0 Å². The molecule has 4 unspecified atom stereocenters. The quantitative estimate of drug-likeness (QED) is 0.652. The summed E-state index contributed by atoms with van der Waals surface area (Å²) in [4.78, 5) is 13.6. The summed E-state index contributed by atoms with van der Waals surface area (Å²) in [6.07, 6.45) is -15.2. The highest BCUT2D eigenvalue weighted by Crippen LogP contribution is 2.44. The van der Waals surface area contributed by atoms with Crippen molar-refractivity contribution in [1.29, 1.82) is 0 Å². The standard InChI is InChI=1S/C24H38N2O4/c1-14(2)9-17-13-26-8-7-16-10-21(28-5)22(29-6)11-18(16)19(26)12-20(17)30-24(27)23(25)15(3)4/h10-11,14-15,17,19-20,23H,7-9,12-13,25H2,1-6H3/t17?,19?,20?,23-/m0/s1/i1D3,3D3,4D3,7D2,8D2,9D2,12D2,13D2,14D,15D,17D,23D/t14?,17?,19?,20?,23-. The van der Waals surface area contributed by atoms with Crippen LogP contribution in [-0.4, -0.2) is 50.2 Å². The SMILES string of the molecule is [2H]C1([2H])C2c3cc(OC)c(OC)cc3C([2H])([2H])C([2H])([2H])N2C([2H])([2H])C([2H])(C([2H])([2H])C([2H])(C)C([2H])([2H])[2H])C1OC(=O)[C@@]([2H])(N)C([2H])(C([2H])([2H])[2H])C([2H])([2H])[2H]. The molecule has 168 valence electrons. The fourth-order valence-corrected chi connectivity index (χ4v) is 2.89. The number of carbonyl (C=O) groups is 1. The molecule has 5 atom stereocenters. The average Bonchev–Trinajstić information content (AvgIpc) is 2.96. The number of ether oxygens (including phenoxy) is 3. The van der Waals surface area contributed by atoms with Crippen molar-refractivity contribution >= 4 is 5.97 Å². The van der Waals surface area contributed by atoms with Crippen molar-refractivity contribution in [3.05, 3.63) is 23.3 Å². The van der Waals surface area contributed by atoms with Crippen LogP contribution in [0.2, 0.25) is 0 Å². The van der Waals surface area contributed by atoms with Crippen molar-refractivity contribution in [1.82, 2.24) is 4.90 Å². The Kier molecular flexibility index (Phi) is 2.35. The van der Waals surface area contributed by atoms with E-state index in [4.69, 9.17) is 44.6 Å². The van der Waals surface area contributed by atoms with Gasteiger partial charge in [-0.25, -0.2) is 0 Å². The second-order valence-corrected chi connectivity index (χ2v) is 6.32. The van der Waals surface area contributed by atoms with E-state index in [0.29, 0.717) is 6.92 Å². The Balaban J connectivity index is 2.62. The molecule has 1 saturated heterocycles. The number of piperidine rings is 1. The number of hydrogen-bond donors (Lipinski definition) is 1. The third-order valence-corrected chi connectivity index (χ3v) is 4.27. The van der Waals surface area contributed by atoms with Crippen molar-refractivity contribution in [3.8, 4) is 11.5 Å². The number of hydrogen-bond acceptors (Lipinski definition) is 6. The molecule has 3 rings (SSSR count). The summed E-state index contributed by atoms with van der Waals surface area (Å²) in [5.74, 6) is -15.6. The molecule has 0 saturated carbocycles. The predicted octanol–water partition coefficient (Wildman–Crippen LogP) is 3.56. The molecule has 2 aliphatic heterocycles. The number of nitrogens with two attached hydrogens (primary N) is 1. The van der Waals surface area contributed by atoms with Gasteiger partial charge in [0.05, 0.1) is 15.6 Å². The highest BCUT2D eigenvalue weighted by molar-refractivity contribution is 5.76. The van der Waals surface area contributed by atoms with Gasteiger partial charge in [-0.3, -0.25) is 9.69 Å². The maximum Gasteiger partial charge on any atom is 0.323 e. The average molecular weight is 442 g/mol. The van der Waals surface area contributed by atoms with Crippen LogP contribution in [0.1, 0.15) is 88.9 Å². The van der Waals surface area contributed by atoms with Gasteiger partial charge in [-0.05, 0) is 47.8 Å². The molecule has 0 amide bonds. The van der Waals surface area contributed by atoms with Crippen molar-refractivity contribution in [3.63, 3.8) is 0 Å². The van der Waals surface area contributed by atoms with Crippen molar-refractivity contribution in [2.24, 2.45) is 23.4 Å². The summed E-state index contributed by atoms with van der Waals surface area (Å²) >= 11 is 0. The van der Waals surface area contributed by atoms with Gasteiger partial charge >= 0.3 is 5.97 Å². The van der Waals surface area contributed by atoms with Gasteiger partial charge in [-0.1, -0.05) is 27.5 Å². The third-order valence-electron chi connectivity index (χ3n) is 4.27. The number of methoxy groups -OCH3 is 2. The molecule has 1 aromatic carbocycles. The Hall–Kier alpha value is -1.79. The minimum atomic E-state index is -4.45. The van der Waals surface area contributed by atoms with E-state index >= 15 is 0 Å². The van der Waals surface area contributed by atoms with Gasteiger partial charge in [0.1, 0.15) is 12.1 Å². The van der Waals surface area contributed by atoms with Crippen molar-refractivity contribution in [2.75, 3.05) is 27.2 Å². The first-order chi connectivity index (χ1) is 23.1. The normalized spacial score (nSPS) is 50.5. The zero-order chi connectivity index (χ0) is 42.2. The van der Waals surface area contributed by atoms with Crippen LogP contribution in [0.3, 0.4) is 0 Å². The molecule has 0 aromatic heterocycles. The summed E-state index contributed by atoms with van der Waals surface area (Å²) < 4.78 is 210. The number of rotatable bonds is 7. The molecule has 6 nitrogen and oxygen atoms in total. The number of fused-ring (bicyclic) bond motifs is 3. The van der Waals surface area contributed by atoms with E-state index < -0.39 is 106 Å². The number of aryl methyl sites for hydroxylation is 1. The Morgan fingerprint density at radius 1 is 1.40 bits per heavy atom. The van der Waals surface area contributed by atoms with Gasteiger partial charge < -0.3 is 19.9 Å². The summed E-state index contributed by atoms with van der Waals surface area (Å²) in [6, 6.07) is -5.17. The van der Waals surface area contributed by atoms with Gasteiger partial charge in [0.25, 0.3) is 0 Å². The zero-order valence-electron chi connectivity index (χ0n) is 39.5. The highest BCUT2D eigenvalue weighted by Gasteiger charge is 2.41. The minimum Gasteiger partial charge on any atom is -0.493 e. The van der Waals surface area contributed by atoms with Gasteiger partial charge in [-0.2, -0.15) is 0 Å². The molecule has 0 radical (unpaired) electrons. The van der Waals surface area contributed by atoms with Crippen LogP contribution in [0.15, 0.2) is 12.1 Å². The summed E-state index contributed by atoms with van der Waals surface area (Å²) in [6.45, 7) is -19.8. The Morgan fingerprint density at radius 2 is 2.13 bits per heavy atom. The molecule has 30 heavy (non-hydrogen) atoms. The molecular formula is C24H38N2O4. The molecule has 1 aromatic rings. The lowest BCUT2D eigenvalue weighted by atomic mass is 9.79. The fourth-order valence-electron chi connectivity index (χ4n) is 2.89. The summed E-state index contributed by atoms with van der Waals surface area (Å²) in [5, 5.41) is 0. The van der Waals surface area contributed by atoms with E-state index in [1.807, 2.05) is 0 Å². The lowest BCUT2D eigenvalue weighted by molar-refractivity contribution is -0.160. The maximum atomic E-state index is 13.9. The molecule has 2 aliphatic rings. The molecule has 1 fully saturated rings. The van der Waals surface area contributed by atoms with E-state index in [1.54, 1.807) is 0 Å². The molecular weight excluding hydrogens is 380 g/mol. The highest BCUT2D eigenvalue weighted by atomic mass is 16.5. The van der Waals surface area contributed by atoms with Crippen LogP contribution < -0.4 is 15.2 Å². The van der Waals surface area contributed by atoms with Crippen LogP contribution in [0.4, 0.5) is 0 Å². The van der Waals surface area contributed by atoms with Crippen LogP contribution in [-0.2, 0) is 15.9 Å². The van der Waals surface area contributed by atoms with Crippen molar-refractivity contribution < 1.29 is 50.5 Å². The second-order valence-electron chi connectivity index (χ2n) is 6.32. The first kappa shape index (κ1) is 7.38. The van der Waals surface area contributed by atoms with Gasteiger partial charge in [0.2, 0.25) is 0 Å². The topological polar surface area (TPSA) is 74.0 Å². The van der Waals surface area contributed by atoms with E-state index in [9.17, 15) is 11.6 Å². The monoisotopic (exact) mass is 441 g/mol.